The van der Waals surface area contributed by atoms with Crippen molar-refractivity contribution < 1.29 is 14.7 Å². The van der Waals surface area contributed by atoms with Crippen LogP contribution < -0.4 is 5.32 Å². The topological polar surface area (TPSA) is 84.2 Å². The lowest BCUT2D eigenvalue weighted by Gasteiger charge is -2.14. The first-order valence-corrected chi connectivity index (χ1v) is 10.4. The van der Waals surface area contributed by atoms with Gasteiger partial charge in [0.25, 0.3) is 0 Å². The minimum atomic E-state index is -0.905. The van der Waals surface area contributed by atoms with E-state index in [1.54, 1.807) is 0 Å². The monoisotopic (exact) mass is 399 g/mol. The van der Waals surface area contributed by atoms with Gasteiger partial charge in [-0.15, -0.1) is 11.8 Å². The van der Waals surface area contributed by atoms with E-state index in [-0.39, 0.29) is 29.4 Å². The number of hydrogen-bond acceptors (Lipinski definition) is 4. The van der Waals surface area contributed by atoms with E-state index < -0.39 is 5.97 Å². The second-order valence-corrected chi connectivity index (χ2v) is 8.00. The maximum atomic E-state index is 12.0. The Balaban J connectivity index is 1.60. The molecule has 0 saturated carbocycles. The van der Waals surface area contributed by atoms with E-state index in [4.69, 9.17) is 10.2 Å². The van der Waals surface area contributed by atoms with Gasteiger partial charge in [-0.1, -0.05) is 42.5 Å². The highest BCUT2D eigenvalue weighted by molar-refractivity contribution is 8.00. The lowest BCUT2D eigenvalue weighted by atomic mass is 9.96. The molecule has 1 amide bonds. The zero-order valence-electron chi connectivity index (χ0n) is 16.1. The second kappa shape index (κ2) is 9.10. The summed E-state index contributed by atoms with van der Waals surface area (Å²) in [4.78, 5) is 22.5. The molecule has 2 atom stereocenters. The van der Waals surface area contributed by atoms with Gasteiger partial charge in [0, 0.05) is 23.2 Å². The van der Waals surface area contributed by atoms with Crippen LogP contribution in [0.25, 0.3) is 0 Å². The Kier molecular flexibility index (Phi) is 6.57. The van der Waals surface area contributed by atoms with Crippen LogP contribution in [0.1, 0.15) is 34.9 Å². The molecule has 0 aliphatic heterocycles. The molecule has 1 aromatic heterocycles. The first-order chi connectivity index (χ1) is 13.4. The van der Waals surface area contributed by atoms with Crippen molar-refractivity contribution in [2.75, 3.05) is 11.5 Å². The molecule has 6 nitrogen and oxygen atoms in total. The fourth-order valence-corrected chi connectivity index (χ4v) is 4.20. The van der Waals surface area contributed by atoms with Crippen molar-refractivity contribution in [1.82, 2.24) is 15.1 Å². The fourth-order valence-electron chi connectivity index (χ4n) is 3.66. The number of rotatable bonds is 8. The summed E-state index contributed by atoms with van der Waals surface area (Å²) in [5, 5.41) is 16.3. The third-order valence-corrected chi connectivity index (χ3v) is 5.79. The number of carboxylic acids is 1. The number of aromatic nitrogens is 2. The molecular formula is C21H25N3O3S. The average Bonchev–Trinajstić information content (AvgIpc) is 3.19. The predicted molar refractivity (Wildman–Crippen MR) is 111 cm³/mol. The zero-order valence-corrected chi connectivity index (χ0v) is 16.9. The van der Waals surface area contributed by atoms with Gasteiger partial charge in [-0.05, 0) is 25.8 Å². The van der Waals surface area contributed by atoms with Gasteiger partial charge in [-0.25, -0.2) is 0 Å². The van der Waals surface area contributed by atoms with Gasteiger partial charge >= 0.3 is 5.97 Å². The quantitative estimate of drug-likeness (QED) is 0.667. The van der Waals surface area contributed by atoms with Crippen LogP contribution in [-0.2, 0) is 16.1 Å². The van der Waals surface area contributed by atoms with E-state index in [2.05, 4.69) is 30.4 Å². The number of nitrogens with zero attached hydrogens (tertiary/aromatic N) is 2. The lowest BCUT2D eigenvalue weighted by Crippen LogP contribution is -2.34. The molecule has 2 N–H and O–H groups in total. The SMILES string of the molecule is Cc1nn(Cc2ccccc2)c(C)c1C1C=CC(NC(=O)CSCC(=O)O)C1. The van der Waals surface area contributed by atoms with E-state index in [9.17, 15) is 9.59 Å². The minimum absolute atomic E-state index is 0.0285. The summed E-state index contributed by atoms with van der Waals surface area (Å²) in [6, 6.07) is 10.2. The highest BCUT2D eigenvalue weighted by Gasteiger charge is 2.26. The van der Waals surface area contributed by atoms with Crippen molar-refractivity contribution in [1.29, 1.82) is 0 Å². The van der Waals surface area contributed by atoms with Crippen LogP contribution in [-0.4, -0.2) is 44.3 Å². The number of aliphatic carboxylic acids is 1. The normalized spacial score (nSPS) is 18.4. The molecule has 3 rings (SSSR count). The van der Waals surface area contributed by atoms with Crippen LogP contribution in [0.15, 0.2) is 42.5 Å². The maximum Gasteiger partial charge on any atom is 0.313 e. The molecule has 0 bridgehead atoms. The number of carbonyl (C=O) groups excluding carboxylic acids is 1. The second-order valence-electron chi connectivity index (χ2n) is 7.02. The van der Waals surface area contributed by atoms with E-state index in [1.165, 1.54) is 11.1 Å². The van der Waals surface area contributed by atoms with Crippen LogP contribution in [0.4, 0.5) is 0 Å². The molecule has 0 spiro atoms. The lowest BCUT2D eigenvalue weighted by molar-refractivity contribution is -0.133. The molecule has 1 aromatic carbocycles. The maximum absolute atomic E-state index is 12.0. The van der Waals surface area contributed by atoms with E-state index in [0.717, 1.165) is 36.1 Å². The van der Waals surface area contributed by atoms with Crippen LogP contribution in [0.2, 0.25) is 0 Å². The van der Waals surface area contributed by atoms with Crippen LogP contribution in [0.3, 0.4) is 0 Å². The predicted octanol–water partition coefficient (Wildman–Crippen LogP) is 2.89. The standard InChI is InChI=1S/C21H25N3O3S/c1-14-21(15(2)24(23-14)11-16-6-4-3-5-7-16)17-8-9-18(10-17)22-19(25)12-28-13-20(26)27/h3-9,17-18H,10-13H2,1-2H3,(H,22,25)(H,26,27). The number of hydrogen-bond donors (Lipinski definition) is 2. The summed E-state index contributed by atoms with van der Waals surface area (Å²) in [6.45, 7) is 4.87. The molecule has 2 unspecified atom stereocenters. The molecule has 28 heavy (non-hydrogen) atoms. The van der Waals surface area contributed by atoms with Crippen molar-refractivity contribution in [3.63, 3.8) is 0 Å². The number of nitrogens with one attached hydrogen (secondary N) is 1. The summed E-state index contributed by atoms with van der Waals surface area (Å²) >= 11 is 1.11. The van der Waals surface area contributed by atoms with E-state index >= 15 is 0 Å². The third-order valence-electron chi connectivity index (χ3n) is 4.87. The molecule has 0 radical (unpaired) electrons. The number of benzene rings is 1. The van der Waals surface area contributed by atoms with Crippen LogP contribution in [0.5, 0.6) is 0 Å². The van der Waals surface area contributed by atoms with Gasteiger partial charge in [-0.2, -0.15) is 5.10 Å². The van der Waals surface area contributed by atoms with Gasteiger partial charge in [-0.3, -0.25) is 14.3 Å². The van der Waals surface area contributed by atoms with Crippen LogP contribution in [0, 0.1) is 13.8 Å². The molecule has 0 saturated heterocycles. The Morgan fingerprint density at radius 1 is 1.21 bits per heavy atom. The number of carbonyl (C=O) groups is 2. The third kappa shape index (κ3) is 5.04. The summed E-state index contributed by atoms with van der Waals surface area (Å²) < 4.78 is 2.04. The van der Waals surface area contributed by atoms with Crippen molar-refractivity contribution in [3.05, 3.63) is 65.0 Å². The molecule has 148 valence electrons. The van der Waals surface area contributed by atoms with Crippen molar-refractivity contribution in [2.24, 2.45) is 0 Å². The van der Waals surface area contributed by atoms with E-state index in [1.807, 2.05) is 35.9 Å². The Bertz CT molecular complexity index is 877. The Labute approximate surface area is 169 Å². The first kappa shape index (κ1) is 20.2. The first-order valence-electron chi connectivity index (χ1n) is 9.29. The van der Waals surface area contributed by atoms with Gasteiger partial charge in [0.1, 0.15) is 0 Å². The van der Waals surface area contributed by atoms with Gasteiger partial charge < -0.3 is 10.4 Å². The molecular weight excluding hydrogens is 374 g/mol. The van der Waals surface area contributed by atoms with Crippen molar-refractivity contribution in [2.45, 2.75) is 38.8 Å². The van der Waals surface area contributed by atoms with Crippen molar-refractivity contribution >= 4 is 23.6 Å². The molecule has 1 aliphatic rings. The smallest absolute Gasteiger partial charge is 0.313 e. The average molecular weight is 400 g/mol. The number of thioether (sulfide) groups is 1. The molecule has 7 heteroatoms. The Hall–Kier alpha value is -2.54. The van der Waals surface area contributed by atoms with Gasteiger partial charge in [0.05, 0.1) is 23.7 Å². The summed E-state index contributed by atoms with van der Waals surface area (Å²) in [6.07, 6.45) is 4.96. The highest BCUT2D eigenvalue weighted by Crippen LogP contribution is 2.33. The number of amides is 1. The summed E-state index contributed by atoms with van der Waals surface area (Å²) in [7, 11) is 0. The Morgan fingerprint density at radius 3 is 2.68 bits per heavy atom. The number of aryl methyl sites for hydroxylation is 1. The minimum Gasteiger partial charge on any atom is -0.481 e. The van der Waals surface area contributed by atoms with Gasteiger partial charge in [0.2, 0.25) is 5.91 Å². The zero-order chi connectivity index (χ0) is 20.1. The van der Waals surface area contributed by atoms with Gasteiger partial charge in [0.15, 0.2) is 0 Å². The largest absolute Gasteiger partial charge is 0.481 e. The highest BCUT2D eigenvalue weighted by atomic mass is 32.2. The summed E-state index contributed by atoms with van der Waals surface area (Å²) in [5.74, 6) is -0.711. The van der Waals surface area contributed by atoms with Crippen molar-refractivity contribution in [3.8, 4) is 0 Å². The molecule has 1 heterocycles. The summed E-state index contributed by atoms with van der Waals surface area (Å²) in [5.41, 5.74) is 4.61. The number of allylic oxidation sites excluding steroid dienone is 1. The number of carboxylic acid groups (broad SMARTS) is 1. The molecule has 0 fully saturated rings. The van der Waals surface area contributed by atoms with E-state index in [0.29, 0.717) is 0 Å². The molecule has 1 aliphatic carbocycles. The molecule has 2 aromatic rings. The van der Waals surface area contributed by atoms with Crippen LogP contribution >= 0.6 is 11.8 Å². The Morgan fingerprint density at radius 2 is 1.96 bits per heavy atom. The fraction of sp³-hybridized carbons (Fsp3) is 0.381.